The standard InChI is InChI=1S/C16H13FN4OS/c17-10-3-1-2-9(6-10)11-7-12(11)15(22)19-14-13(8-18)21-4-5-23-16(21)20-14/h1-3,6,11-12H,4-5,7H2,(H,19,22). The number of thioether (sulfide) groups is 1. The Kier molecular flexibility index (Phi) is 3.34. The molecule has 1 aromatic carbocycles. The van der Waals surface area contributed by atoms with E-state index < -0.39 is 0 Å². The molecule has 1 fully saturated rings. The number of hydrogen-bond donors (Lipinski definition) is 1. The summed E-state index contributed by atoms with van der Waals surface area (Å²) in [6.45, 7) is 0.737. The summed E-state index contributed by atoms with van der Waals surface area (Å²) in [5.74, 6) is 0.646. The van der Waals surface area contributed by atoms with Gasteiger partial charge in [0.05, 0.1) is 0 Å². The second-order valence-corrected chi connectivity index (χ2v) is 6.76. The van der Waals surface area contributed by atoms with Crippen molar-refractivity contribution in [3.8, 4) is 6.07 Å². The topological polar surface area (TPSA) is 70.7 Å². The number of aromatic nitrogens is 2. The number of amides is 1. The highest BCUT2D eigenvalue weighted by atomic mass is 32.2. The molecule has 2 aromatic rings. The van der Waals surface area contributed by atoms with Gasteiger partial charge >= 0.3 is 0 Å². The zero-order valence-corrected chi connectivity index (χ0v) is 12.9. The van der Waals surface area contributed by atoms with Gasteiger partial charge in [0.1, 0.15) is 11.9 Å². The zero-order valence-electron chi connectivity index (χ0n) is 12.1. The van der Waals surface area contributed by atoms with Gasteiger partial charge in [0.15, 0.2) is 16.7 Å². The van der Waals surface area contributed by atoms with Crippen LogP contribution in [0, 0.1) is 23.1 Å². The third kappa shape index (κ3) is 2.49. The van der Waals surface area contributed by atoms with Crippen LogP contribution in [0.5, 0.6) is 0 Å². The Labute approximate surface area is 136 Å². The lowest BCUT2D eigenvalue weighted by atomic mass is 10.1. The van der Waals surface area contributed by atoms with Crippen LogP contribution in [0.1, 0.15) is 23.6 Å². The molecule has 1 aromatic heterocycles. The molecule has 4 rings (SSSR count). The smallest absolute Gasteiger partial charge is 0.229 e. The van der Waals surface area contributed by atoms with E-state index in [2.05, 4.69) is 16.4 Å². The number of halogens is 1. The predicted molar refractivity (Wildman–Crippen MR) is 83.5 cm³/mol. The Morgan fingerprint density at radius 3 is 3.17 bits per heavy atom. The Morgan fingerprint density at radius 1 is 1.52 bits per heavy atom. The maximum Gasteiger partial charge on any atom is 0.229 e. The number of hydrogen-bond acceptors (Lipinski definition) is 4. The number of nitriles is 1. The van der Waals surface area contributed by atoms with E-state index >= 15 is 0 Å². The summed E-state index contributed by atoms with van der Waals surface area (Å²) >= 11 is 1.58. The first kappa shape index (κ1) is 14.3. The van der Waals surface area contributed by atoms with Crippen LogP contribution in [-0.2, 0) is 11.3 Å². The van der Waals surface area contributed by atoms with Crippen molar-refractivity contribution in [3.05, 3.63) is 41.3 Å². The molecule has 2 atom stereocenters. The first-order valence-electron chi connectivity index (χ1n) is 7.37. The van der Waals surface area contributed by atoms with E-state index in [1.807, 2.05) is 10.6 Å². The highest BCUT2D eigenvalue weighted by Gasteiger charge is 2.44. The number of rotatable bonds is 3. The van der Waals surface area contributed by atoms with Gasteiger partial charge in [0, 0.05) is 18.2 Å². The fraction of sp³-hybridized carbons (Fsp3) is 0.312. The van der Waals surface area contributed by atoms with E-state index in [1.165, 1.54) is 12.1 Å². The molecule has 1 aliphatic heterocycles. The molecular weight excluding hydrogens is 315 g/mol. The minimum Gasteiger partial charge on any atom is -0.308 e. The van der Waals surface area contributed by atoms with Crippen molar-refractivity contribution in [2.75, 3.05) is 11.1 Å². The molecule has 23 heavy (non-hydrogen) atoms. The summed E-state index contributed by atoms with van der Waals surface area (Å²) in [6, 6.07) is 8.47. The molecule has 5 nitrogen and oxygen atoms in total. The number of carbonyl (C=O) groups is 1. The highest BCUT2D eigenvalue weighted by molar-refractivity contribution is 7.99. The Morgan fingerprint density at radius 2 is 2.39 bits per heavy atom. The zero-order chi connectivity index (χ0) is 16.0. The molecule has 7 heteroatoms. The maximum atomic E-state index is 13.3. The van der Waals surface area contributed by atoms with E-state index in [1.54, 1.807) is 17.8 Å². The van der Waals surface area contributed by atoms with Crippen LogP contribution in [0.4, 0.5) is 10.2 Å². The Hall–Kier alpha value is -2.33. The van der Waals surface area contributed by atoms with Gasteiger partial charge in [-0.2, -0.15) is 5.26 Å². The molecule has 1 saturated carbocycles. The summed E-state index contributed by atoms with van der Waals surface area (Å²) in [6.07, 6.45) is 0.694. The van der Waals surface area contributed by atoms with Crippen molar-refractivity contribution in [2.24, 2.45) is 5.92 Å². The fourth-order valence-electron chi connectivity index (χ4n) is 2.98. The van der Waals surface area contributed by atoms with Crippen molar-refractivity contribution >= 4 is 23.5 Å². The SMILES string of the molecule is N#Cc1c(NC(=O)C2CC2c2cccc(F)c2)nc2n1CCS2. The quantitative estimate of drug-likeness (QED) is 0.940. The molecule has 1 amide bonds. The lowest BCUT2D eigenvalue weighted by molar-refractivity contribution is -0.117. The summed E-state index contributed by atoms with van der Waals surface area (Å²) in [4.78, 5) is 16.7. The number of benzene rings is 1. The van der Waals surface area contributed by atoms with Crippen molar-refractivity contribution in [3.63, 3.8) is 0 Å². The van der Waals surface area contributed by atoms with Gasteiger partial charge < -0.3 is 9.88 Å². The van der Waals surface area contributed by atoms with Gasteiger partial charge in [0.25, 0.3) is 0 Å². The van der Waals surface area contributed by atoms with Crippen molar-refractivity contribution in [1.82, 2.24) is 9.55 Å². The highest BCUT2D eigenvalue weighted by Crippen LogP contribution is 2.48. The molecule has 0 radical (unpaired) electrons. The lowest BCUT2D eigenvalue weighted by Crippen LogP contribution is -2.16. The van der Waals surface area contributed by atoms with Gasteiger partial charge in [0.2, 0.25) is 5.91 Å². The molecule has 2 unspecified atom stereocenters. The van der Waals surface area contributed by atoms with Crippen LogP contribution in [0.2, 0.25) is 0 Å². The summed E-state index contributed by atoms with van der Waals surface area (Å²) < 4.78 is 15.1. The Balaban J connectivity index is 1.49. The van der Waals surface area contributed by atoms with E-state index in [9.17, 15) is 14.4 Å². The van der Waals surface area contributed by atoms with E-state index in [4.69, 9.17) is 0 Å². The van der Waals surface area contributed by atoms with Crippen LogP contribution in [-0.4, -0.2) is 21.2 Å². The lowest BCUT2D eigenvalue weighted by Gasteiger charge is -2.04. The van der Waals surface area contributed by atoms with Crippen molar-refractivity contribution in [1.29, 1.82) is 5.26 Å². The first-order chi connectivity index (χ1) is 11.2. The first-order valence-corrected chi connectivity index (χ1v) is 8.35. The number of fused-ring (bicyclic) bond motifs is 1. The van der Waals surface area contributed by atoms with Crippen molar-refractivity contribution < 1.29 is 9.18 Å². The monoisotopic (exact) mass is 328 g/mol. The fourth-order valence-corrected chi connectivity index (χ4v) is 3.93. The molecule has 116 valence electrons. The van der Waals surface area contributed by atoms with E-state index in [0.29, 0.717) is 17.9 Å². The third-order valence-corrected chi connectivity index (χ3v) is 5.19. The number of nitrogens with one attached hydrogen (secondary N) is 1. The molecule has 0 bridgehead atoms. The van der Waals surface area contributed by atoms with Gasteiger partial charge in [-0.3, -0.25) is 4.79 Å². The largest absolute Gasteiger partial charge is 0.308 e. The van der Waals surface area contributed by atoms with Crippen LogP contribution in [0.15, 0.2) is 29.4 Å². The molecule has 1 aliphatic carbocycles. The average Bonchev–Trinajstić information content (AvgIpc) is 3.11. The van der Waals surface area contributed by atoms with Gasteiger partial charge in [-0.1, -0.05) is 23.9 Å². The van der Waals surface area contributed by atoms with Crippen LogP contribution >= 0.6 is 11.8 Å². The number of nitrogens with zero attached hydrogens (tertiary/aromatic N) is 3. The Bertz CT molecular complexity index is 841. The van der Waals surface area contributed by atoms with E-state index in [-0.39, 0.29) is 23.6 Å². The van der Waals surface area contributed by atoms with Crippen molar-refractivity contribution in [2.45, 2.75) is 24.0 Å². The average molecular weight is 328 g/mol. The van der Waals surface area contributed by atoms with Gasteiger partial charge in [-0.05, 0) is 30.0 Å². The normalized spacial score (nSPS) is 21.6. The molecule has 0 saturated heterocycles. The van der Waals surface area contributed by atoms with E-state index in [0.717, 1.165) is 23.0 Å². The second-order valence-electron chi connectivity index (χ2n) is 5.70. The third-order valence-electron chi connectivity index (χ3n) is 4.23. The maximum absolute atomic E-state index is 13.3. The molecule has 2 aliphatic rings. The second kappa shape index (κ2) is 5.39. The summed E-state index contributed by atoms with van der Waals surface area (Å²) in [5.41, 5.74) is 1.25. The molecule has 0 spiro atoms. The minimum atomic E-state index is -0.289. The number of carbonyl (C=O) groups excluding carboxylic acids is 1. The summed E-state index contributed by atoms with van der Waals surface area (Å²) in [5, 5.41) is 12.8. The molecular formula is C16H13FN4OS. The van der Waals surface area contributed by atoms with Crippen LogP contribution < -0.4 is 5.32 Å². The number of anilines is 1. The van der Waals surface area contributed by atoms with Crippen LogP contribution in [0.25, 0.3) is 0 Å². The number of imidazole rings is 1. The predicted octanol–water partition coefficient (Wildman–Crippen LogP) is 2.74. The molecule has 1 N–H and O–H groups in total. The summed E-state index contributed by atoms with van der Waals surface area (Å²) in [7, 11) is 0. The van der Waals surface area contributed by atoms with Gasteiger partial charge in [-0.25, -0.2) is 9.37 Å². The minimum absolute atomic E-state index is 0.0417. The molecule has 2 heterocycles. The van der Waals surface area contributed by atoms with Gasteiger partial charge in [-0.15, -0.1) is 0 Å². The van der Waals surface area contributed by atoms with Crippen LogP contribution in [0.3, 0.4) is 0 Å².